The molecule has 0 saturated heterocycles. The number of rotatable bonds is 8. The van der Waals surface area contributed by atoms with Gasteiger partial charge < -0.3 is 5.32 Å². The van der Waals surface area contributed by atoms with Crippen LogP contribution < -0.4 is 10.0 Å². The first-order chi connectivity index (χ1) is 16.3. The second-order valence-corrected chi connectivity index (χ2v) is 10.1. The van der Waals surface area contributed by atoms with Gasteiger partial charge in [-0.05, 0) is 49.2 Å². The minimum atomic E-state index is -3.39. The number of amides is 1. The molecule has 0 atom stereocenters. The Balaban J connectivity index is 1.50. The number of nitrogens with one attached hydrogen (secondary N) is 2. The first-order valence-corrected chi connectivity index (χ1v) is 12.6. The van der Waals surface area contributed by atoms with Gasteiger partial charge in [-0.1, -0.05) is 42.5 Å². The van der Waals surface area contributed by atoms with Crippen LogP contribution in [0.5, 0.6) is 0 Å². The summed E-state index contributed by atoms with van der Waals surface area (Å²) < 4.78 is 26.8. The van der Waals surface area contributed by atoms with E-state index < -0.39 is 10.0 Å². The van der Waals surface area contributed by atoms with E-state index in [1.165, 1.54) is 0 Å². The maximum atomic E-state index is 13.1. The van der Waals surface area contributed by atoms with Crippen molar-refractivity contribution in [2.75, 3.05) is 0 Å². The third-order valence-electron chi connectivity index (χ3n) is 5.17. The molecule has 2 aromatic heterocycles. The fourth-order valence-corrected chi connectivity index (χ4v) is 5.11. The monoisotopic (exact) mass is 474 g/mol. The fraction of sp³-hybridized carbons (Fsp3) is 0.192. The Morgan fingerprint density at radius 1 is 0.971 bits per heavy atom. The Morgan fingerprint density at radius 3 is 2.41 bits per heavy atom. The first kappa shape index (κ1) is 23.5. The van der Waals surface area contributed by atoms with Gasteiger partial charge in [0.2, 0.25) is 10.0 Å². The number of carbonyl (C=O) groups is 1. The molecular weight excluding hydrogens is 448 g/mol. The molecule has 2 aromatic carbocycles. The number of aromatic nitrogens is 2. The van der Waals surface area contributed by atoms with Crippen LogP contribution in [-0.2, 0) is 22.3 Å². The van der Waals surface area contributed by atoms with Crippen LogP contribution in [0.3, 0.4) is 0 Å². The number of pyridine rings is 2. The summed E-state index contributed by atoms with van der Waals surface area (Å²) in [6, 6.07) is 20.1. The van der Waals surface area contributed by atoms with Crippen LogP contribution in [-0.4, -0.2) is 30.3 Å². The molecule has 0 bridgehead atoms. The lowest BCUT2D eigenvalue weighted by Crippen LogP contribution is -2.31. The van der Waals surface area contributed by atoms with Crippen molar-refractivity contribution in [3.8, 4) is 11.3 Å². The van der Waals surface area contributed by atoms with Crippen LogP contribution in [0.2, 0.25) is 0 Å². The van der Waals surface area contributed by atoms with Gasteiger partial charge in [-0.25, -0.2) is 18.1 Å². The molecule has 0 aliphatic rings. The Morgan fingerprint density at radius 2 is 1.71 bits per heavy atom. The summed E-state index contributed by atoms with van der Waals surface area (Å²) in [5, 5.41) is 3.74. The number of nitrogens with zero attached hydrogens (tertiary/aromatic N) is 2. The number of carbonyl (C=O) groups excluding carboxylic acids is 1. The molecule has 8 heteroatoms. The normalized spacial score (nSPS) is 11.6. The van der Waals surface area contributed by atoms with Crippen LogP contribution in [0.4, 0.5) is 0 Å². The van der Waals surface area contributed by atoms with E-state index >= 15 is 0 Å². The number of hydrogen-bond acceptors (Lipinski definition) is 5. The van der Waals surface area contributed by atoms with Gasteiger partial charge in [0.15, 0.2) is 0 Å². The van der Waals surface area contributed by atoms with Crippen LogP contribution >= 0.6 is 0 Å². The molecule has 0 saturated carbocycles. The van der Waals surface area contributed by atoms with Crippen molar-refractivity contribution < 1.29 is 13.2 Å². The van der Waals surface area contributed by atoms with E-state index in [-0.39, 0.29) is 17.7 Å². The van der Waals surface area contributed by atoms with Crippen molar-refractivity contribution in [2.24, 2.45) is 0 Å². The average Bonchev–Trinajstić information content (AvgIpc) is 2.82. The molecule has 4 rings (SSSR count). The molecule has 2 heterocycles. The second-order valence-electron chi connectivity index (χ2n) is 8.34. The summed E-state index contributed by atoms with van der Waals surface area (Å²) in [5.74, 6) is -0.297. The van der Waals surface area contributed by atoms with E-state index in [9.17, 15) is 13.2 Å². The highest BCUT2D eigenvalue weighted by Gasteiger charge is 2.15. The number of hydrogen-bond donors (Lipinski definition) is 2. The van der Waals surface area contributed by atoms with Gasteiger partial charge in [0.25, 0.3) is 5.91 Å². The minimum Gasteiger partial charge on any atom is -0.348 e. The molecule has 0 unspecified atom stereocenters. The van der Waals surface area contributed by atoms with E-state index in [0.717, 1.165) is 22.0 Å². The SMILES string of the molecule is CC(C)NS(=O)(=O)Cc1ccc(CNC(=O)c2cc(-c3cccnc3)nc3ccccc23)cc1. The quantitative estimate of drug-likeness (QED) is 0.401. The van der Waals surface area contributed by atoms with Gasteiger partial charge in [0.05, 0.1) is 22.5 Å². The summed E-state index contributed by atoms with van der Waals surface area (Å²) in [6.45, 7) is 3.89. The van der Waals surface area contributed by atoms with E-state index in [1.807, 2.05) is 48.5 Å². The summed E-state index contributed by atoms with van der Waals surface area (Å²) in [4.78, 5) is 22.0. The smallest absolute Gasteiger partial charge is 0.252 e. The first-order valence-electron chi connectivity index (χ1n) is 11.0. The maximum absolute atomic E-state index is 13.1. The maximum Gasteiger partial charge on any atom is 0.252 e. The summed E-state index contributed by atoms with van der Waals surface area (Å²) in [6.07, 6.45) is 3.41. The van der Waals surface area contributed by atoms with Gasteiger partial charge in [-0.3, -0.25) is 9.78 Å². The van der Waals surface area contributed by atoms with Gasteiger partial charge in [-0.15, -0.1) is 0 Å². The van der Waals surface area contributed by atoms with Gasteiger partial charge in [-0.2, -0.15) is 0 Å². The highest BCUT2D eigenvalue weighted by atomic mass is 32.2. The van der Waals surface area contributed by atoms with Crippen molar-refractivity contribution in [1.29, 1.82) is 0 Å². The lowest BCUT2D eigenvalue weighted by atomic mass is 10.0. The molecule has 4 aromatic rings. The average molecular weight is 475 g/mol. The Bertz CT molecular complexity index is 1400. The lowest BCUT2D eigenvalue weighted by Gasteiger charge is -2.12. The van der Waals surface area contributed by atoms with Gasteiger partial charge in [0, 0.05) is 35.9 Å². The lowest BCUT2D eigenvalue weighted by molar-refractivity contribution is 0.0952. The Labute approximate surface area is 199 Å². The van der Waals surface area contributed by atoms with Crippen LogP contribution in [0.15, 0.2) is 79.1 Å². The van der Waals surface area contributed by atoms with Crippen molar-refractivity contribution in [1.82, 2.24) is 20.0 Å². The molecule has 0 aliphatic carbocycles. The van der Waals surface area contributed by atoms with Gasteiger partial charge >= 0.3 is 0 Å². The molecule has 0 aliphatic heterocycles. The van der Waals surface area contributed by atoms with Crippen molar-refractivity contribution in [3.05, 3.63) is 95.8 Å². The third-order valence-corrected chi connectivity index (χ3v) is 6.71. The standard InChI is InChI=1S/C26H26N4O3S/c1-18(2)30-34(32,33)17-20-11-9-19(10-12-20)15-28-26(31)23-14-25(21-6-5-13-27-16-21)29-24-8-4-3-7-22(23)24/h3-14,16,18,30H,15,17H2,1-2H3,(H,28,31). The Hall–Kier alpha value is -3.62. The van der Waals surface area contributed by atoms with Gasteiger partial charge in [0.1, 0.15) is 0 Å². The number of sulfonamides is 1. The van der Waals surface area contributed by atoms with E-state index in [4.69, 9.17) is 0 Å². The van der Waals surface area contributed by atoms with Crippen molar-refractivity contribution >= 4 is 26.8 Å². The molecule has 34 heavy (non-hydrogen) atoms. The van der Waals surface area contributed by atoms with Crippen molar-refractivity contribution in [2.45, 2.75) is 32.2 Å². The van der Waals surface area contributed by atoms with Crippen LogP contribution in [0.25, 0.3) is 22.2 Å². The number of fused-ring (bicyclic) bond motifs is 1. The summed E-state index contributed by atoms with van der Waals surface area (Å²) >= 11 is 0. The number of para-hydroxylation sites is 1. The predicted molar refractivity (Wildman–Crippen MR) is 133 cm³/mol. The zero-order valence-electron chi connectivity index (χ0n) is 19.0. The zero-order valence-corrected chi connectivity index (χ0v) is 19.8. The molecule has 7 nitrogen and oxygen atoms in total. The van der Waals surface area contributed by atoms with E-state index in [2.05, 4.69) is 20.0 Å². The summed E-state index contributed by atoms with van der Waals surface area (Å²) in [7, 11) is -3.39. The number of benzene rings is 2. The predicted octanol–water partition coefficient (Wildman–Crippen LogP) is 4.05. The van der Waals surface area contributed by atoms with Crippen molar-refractivity contribution in [3.63, 3.8) is 0 Å². The van der Waals surface area contributed by atoms with Crippen LogP contribution in [0, 0.1) is 0 Å². The topological polar surface area (TPSA) is 101 Å². The van der Waals surface area contributed by atoms with Crippen LogP contribution in [0.1, 0.15) is 35.3 Å². The largest absolute Gasteiger partial charge is 0.348 e. The van der Waals surface area contributed by atoms with E-state index in [1.54, 1.807) is 44.4 Å². The zero-order chi connectivity index (χ0) is 24.1. The third kappa shape index (κ3) is 5.84. The van der Waals surface area contributed by atoms with E-state index in [0.29, 0.717) is 23.4 Å². The molecule has 2 N–H and O–H groups in total. The molecular formula is C26H26N4O3S. The Kier molecular flexibility index (Phi) is 7.00. The molecule has 0 spiro atoms. The highest BCUT2D eigenvalue weighted by molar-refractivity contribution is 7.88. The molecule has 0 radical (unpaired) electrons. The molecule has 1 amide bonds. The molecule has 174 valence electrons. The second kappa shape index (κ2) is 10.1. The fourth-order valence-electron chi connectivity index (χ4n) is 3.68. The summed E-state index contributed by atoms with van der Waals surface area (Å²) in [5.41, 5.74) is 4.33. The highest BCUT2D eigenvalue weighted by Crippen LogP contribution is 2.24. The minimum absolute atomic E-state index is 0.0854. The molecule has 0 fully saturated rings.